The first-order valence-corrected chi connectivity index (χ1v) is 7.06. The second-order valence-corrected chi connectivity index (χ2v) is 6.28. The molecule has 0 aliphatic carbocycles. The highest BCUT2D eigenvalue weighted by Crippen LogP contribution is 2.31. The highest BCUT2D eigenvalue weighted by molar-refractivity contribution is 7.10. The molecule has 0 saturated carbocycles. The molecule has 0 radical (unpaired) electrons. The van der Waals surface area contributed by atoms with E-state index in [-0.39, 0.29) is 11.3 Å². The van der Waals surface area contributed by atoms with E-state index in [9.17, 15) is 4.79 Å². The van der Waals surface area contributed by atoms with Gasteiger partial charge in [0.1, 0.15) is 10.7 Å². The molecule has 1 aromatic rings. The molecule has 0 atom stereocenters. The summed E-state index contributed by atoms with van der Waals surface area (Å²) in [6, 6.07) is 0. The average molecular weight is 268 g/mol. The van der Waals surface area contributed by atoms with Crippen molar-refractivity contribution in [2.75, 3.05) is 18.9 Å². The minimum absolute atomic E-state index is 0.232. The summed E-state index contributed by atoms with van der Waals surface area (Å²) in [5.74, 6) is 0.232. The second kappa shape index (κ2) is 5.22. The van der Waals surface area contributed by atoms with Gasteiger partial charge < -0.3 is 10.2 Å². The van der Waals surface area contributed by atoms with Crippen molar-refractivity contribution in [3.05, 3.63) is 5.69 Å². The number of aromatic nitrogens is 2. The standard InChI is InChI=1S/C12H20N4OS/c1-12(2)5-4-10(17)16(7-6-12)8-9-11(13-3)18-15-14-9/h13H,4-8H2,1-3H3. The maximum atomic E-state index is 12.1. The zero-order chi connectivity index (χ0) is 13.2. The molecule has 0 aromatic carbocycles. The maximum Gasteiger partial charge on any atom is 0.222 e. The predicted octanol–water partition coefficient (Wildman–Crippen LogP) is 2.12. The molecule has 18 heavy (non-hydrogen) atoms. The number of carbonyl (C=O) groups is 1. The average Bonchev–Trinajstić information content (AvgIpc) is 2.73. The SMILES string of the molecule is CNc1snnc1CN1CCC(C)(C)CCC1=O. The van der Waals surface area contributed by atoms with E-state index in [4.69, 9.17) is 0 Å². The van der Waals surface area contributed by atoms with Gasteiger partial charge in [-0.2, -0.15) is 0 Å². The first-order chi connectivity index (χ1) is 8.52. The van der Waals surface area contributed by atoms with Crippen LogP contribution in [-0.4, -0.2) is 34.0 Å². The normalized spacial score (nSPS) is 19.7. The van der Waals surface area contributed by atoms with Crippen molar-refractivity contribution >= 4 is 22.4 Å². The summed E-state index contributed by atoms with van der Waals surface area (Å²) in [5.41, 5.74) is 1.13. The molecule has 5 nitrogen and oxygen atoms in total. The predicted molar refractivity (Wildman–Crippen MR) is 72.5 cm³/mol. The van der Waals surface area contributed by atoms with E-state index < -0.39 is 0 Å². The van der Waals surface area contributed by atoms with Crippen LogP contribution >= 0.6 is 11.5 Å². The number of anilines is 1. The molecule has 2 heterocycles. The van der Waals surface area contributed by atoms with Gasteiger partial charge in [0, 0.05) is 31.5 Å². The van der Waals surface area contributed by atoms with Gasteiger partial charge in [0.15, 0.2) is 0 Å². The molecule has 1 amide bonds. The number of nitrogens with one attached hydrogen (secondary N) is 1. The second-order valence-electron chi connectivity index (χ2n) is 5.53. The molecule has 100 valence electrons. The number of hydrogen-bond donors (Lipinski definition) is 1. The molecule has 1 fully saturated rings. The van der Waals surface area contributed by atoms with Gasteiger partial charge in [0.2, 0.25) is 5.91 Å². The number of hydrogen-bond acceptors (Lipinski definition) is 5. The zero-order valence-corrected chi connectivity index (χ0v) is 12.0. The lowest BCUT2D eigenvalue weighted by atomic mass is 9.85. The highest BCUT2D eigenvalue weighted by atomic mass is 32.1. The number of carbonyl (C=O) groups excluding carboxylic acids is 1. The maximum absolute atomic E-state index is 12.1. The molecule has 1 aromatic heterocycles. The van der Waals surface area contributed by atoms with Gasteiger partial charge in [0.05, 0.1) is 6.54 Å². The van der Waals surface area contributed by atoms with E-state index in [1.165, 1.54) is 11.5 Å². The summed E-state index contributed by atoms with van der Waals surface area (Å²) in [6.45, 7) is 5.84. The summed E-state index contributed by atoms with van der Waals surface area (Å²) >= 11 is 1.33. The van der Waals surface area contributed by atoms with Crippen molar-refractivity contribution in [3.8, 4) is 0 Å². The molecule has 0 bridgehead atoms. The summed E-state index contributed by atoms with van der Waals surface area (Å²) in [7, 11) is 1.85. The van der Waals surface area contributed by atoms with Crippen LogP contribution in [0.2, 0.25) is 0 Å². The van der Waals surface area contributed by atoms with Crippen LogP contribution in [0.5, 0.6) is 0 Å². The van der Waals surface area contributed by atoms with Crippen LogP contribution in [0.4, 0.5) is 5.00 Å². The Morgan fingerprint density at radius 1 is 1.44 bits per heavy atom. The summed E-state index contributed by atoms with van der Waals surface area (Å²) in [4.78, 5) is 14.0. The third-order valence-electron chi connectivity index (χ3n) is 3.55. The molecule has 1 saturated heterocycles. The van der Waals surface area contributed by atoms with Gasteiger partial charge in [-0.25, -0.2) is 0 Å². The van der Waals surface area contributed by atoms with Gasteiger partial charge in [-0.3, -0.25) is 4.79 Å². The lowest BCUT2D eigenvalue weighted by Crippen LogP contribution is -2.30. The molecule has 1 aliphatic heterocycles. The minimum atomic E-state index is 0.232. The monoisotopic (exact) mass is 268 g/mol. The van der Waals surface area contributed by atoms with Crippen molar-refractivity contribution in [2.45, 2.75) is 39.7 Å². The van der Waals surface area contributed by atoms with Gasteiger partial charge >= 0.3 is 0 Å². The van der Waals surface area contributed by atoms with Crippen molar-refractivity contribution in [1.29, 1.82) is 0 Å². The Balaban J connectivity index is 2.06. The Hall–Kier alpha value is -1.17. The lowest BCUT2D eigenvalue weighted by molar-refractivity contribution is -0.131. The lowest BCUT2D eigenvalue weighted by Gasteiger charge is -2.23. The molecular formula is C12H20N4OS. The molecular weight excluding hydrogens is 248 g/mol. The van der Waals surface area contributed by atoms with Gasteiger partial charge in [0.25, 0.3) is 0 Å². The third-order valence-corrected chi connectivity index (χ3v) is 4.34. The molecule has 2 rings (SSSR count). The largest absolute Gasteiger partial charge is 0.377 e. The van der Waals surface area contributed by atoms with E-state index >= 15 is 0 Å². The van der Waals surface area contributed by atoms with Crippen LogP contribution in [0.15, 0.2) is 0 Å². The fraction of sp³-hybridized carbons (Fsp3) is 0.750. The van der Waals surface area contributed by atoms with E-state index in [0.29, 0.717) is 13.0 Å². The van der Waals surface area contributed by atoms with Crippen LogP contribution in [0.25, 0.3) is 0 Å². The van der Waals surface area contributed by atoms with Crippen molar-refractivity contribution in [1.82, 2.24) is 14.5 Å². The number of amides is 1. The zero-order valence-electron chi connectivity index (χ0n) is 11.2. The first kappa shape index (κ1) is 13.3. The Kier molecular flexibility index (Phi) is 3.85. The molecule has 1 aliphatic rings. The fourth-order valence-electron chi connectivity index (χ4n) is 2.14. The van der Waals surface area contributed by atoms with E-state index in [2.05, 4.69) is 28.8 Å². The molecule has 0 unspecified atom stereocenters. The quantitative estimate of drug-likeness (QED) is 0.912. The first-order valence-electron chi connectivity index (χ1n) is 6.28. The summed E-state index contributed by atoms with van der Waals surface area (Å²) < 4.78 is 3.93. The highest BCUT2D eigenvalue weighted by Gasteiger charge is 2.28. The molecule has 6 heteroatoms. The fourth-order valence-corrected chi connectivity index (χ4v) is 2.66. The van der Waals surface area contributed by atoms with E-state index in [0.717, 1.165) is 30.1 Å². The smallest absolute Gasteiger partial charge is 0.222 e. The number of likely N-dealkylation sites (tertiary alicyclic amines) is 1. The van der Waals surface area contributed by atoms with Gasteiger partial charge in [-0.15, -0.1) is 5.10 Å². The van der Waals surface area contributed by atoms with Crippen LogP contribution in [-0.2, 0) is 11.3 Å². The van der Waals surface area contributed by atoms with Gasteiger partial charge in [-0.05, 0) is 18.3 Å². The Morgan fingerprint density at radius 2 is 2.22 bits per heavy atom. The minimum Gasteiger partial charge on any atom is -0.377 e. The number of nitrogens with zero attached hydrogens (tertiary/aromatic N) is 3. The topological polar surface area (TPSA) is 58.1 Å². The van der Waals surface area contributed by atoms with Gasteiger partial charge in [-0.1, -0.05) is 18.3 Å². The Bertz CT molecular complexity index is 429. The summed E-state index contributed by atoms with van der Waals surface area (Å²) in [5, 5.41) is 8.11. The Morgan fingerprint density at radius 3 is 2.94 bits per heavy atom. The van der Waals surface area contributed by atoms with Crippen LogP contribution in [0.3, 0.4) is 0 Å². The van der Waals surface area contributed by atoms with Crippen molar-refractivity contribution in [3.63, 3.8) is 0 Å². The number of rotatable bonds is 3. The van der Waals surface area contributed by atoms with Crippen LogP contribution in [0.1, 0.15) is 38.8 Å². The van der Waals surface area contributed by atoms with Crippen LogP contribution in [0, 0.1) is 5.41 Å². The molecule has 0 spiro atoms. The van der Waals surface area contributed by atoms with Crippen molar-refractivity contribution < 1.29 is 4.79 Å². The Labute approximate surface area is 112 Å². The van der Waals surface area contributed by atoms with Crippen LogP contribution < -0.4 is 5.32 Å². The summed E-state index contributed by atoms with van der Waals surface area (Å²) in [6.07, 6.45) is 2.65. The van der Waals surface area contributed by atoms with Crippen molar-refractivity contribution in [2.24, 2.45) is 5.41 Å². The third kappa shape index (κ3) is 2.98. The molecule has 1 N–H and O–H groups in total. The van der Waals surface area contributed by atoms with E-state index in [1.54, 1.807) is 0 Å². The van der Waals surface area contributed by atoms with E-state index in [1.807, 2.05) is 11.9 Å².